The molecule has 3 rings (SSSR count). The minimum Gasteiger partial charge on any atom is -0.487 e. The van der Waals surface area contributed by atoms with Crippen LogP contribution in [0.25, 0.3) is 0 Å². The molecule has 1 unspecified atom stereocenters. The summed E-state index contributed by atoms with van der Waals surface area (Å²) in [6.07, 6.45) is 1.27. The average Bonchev–Trinajstić information content (AvgIpc) is 2.48. The number of aryl methyl sites for hydroxylation is 1. The van der Waals surface area contributed by atoms with Gasteiger partial charge in [0.1, 0.15) is 17.7 Å². The standard InChI is InChI=1S/C16H15FO2S/c17-12-8-11-6-7-13(10-18)19-16(11)15(9-12)20-14-4-2-1-3-5-14/h1-5,8-9,13,18H,6-7,10H2. The second-order valence-corrected chi connectivity index (χ2v) is 5.88. The molecule has 1 aliphatic rings. The Bertz CT molecular complexity index is 601. The highest BCUT2D eigenvalue weighted by Gasteiger charge is 2.23. The fourth-order valence-corrected chi connectivity index (χ4v) is 3.29. The molecule has 1 heterocycles. The highest BCUT2D eigenvalue weighted by molar-refractivity contribution is 7.99. The first kappa shape index (κ1) is 13.5. The molecule has 1 N–H and O–H groups in total. The van der Waals surface area contributed by atoms with Crippen molar-refractivity contribution >= 4 is 11.8 Å². The lowest BCUT2D eigenvalue weighted by atomic mass is 10.0. The van der Waals surface area contributed by atoms with Crippen LogP contribution in [0, 0.1) is 5.82 Å². The summed E-state index contributed by atoms with van der Waals surface area (Å²) in [4.78, 5) is 1.80. The fourth-order valence-electron chi connectivity index (χ4n) is 2.30. The van der Waals surface area contributed by atoms with Crippen LogP contribution in [0.1, 0.15) is 12.0 Å². The van der Waals surface area contributed by atoms with Crippen molar-refractivity contribution in [2.45, 2.75) is 28.7 Å². The van der Waals surface area contributed by atoms with E-state index in [2.05, 4.69) is 0 Å². The van der Waals surface area contributed by atoms with Crippen molar-refractivity contribution in [1.82, 2.24) is 0 Å². The minimum absolute atomic E-state index is 0.00768. The summed E-state index contributed by atoms with van der Waals surface area (Å²) >= 11 is 1.48. The molecule has 0 radical (unpaired) electrons. The summed E-state index contributed by atoms with van der Waals surface area (Å²) in [6.45, 7) is -0.00768. The van der Waals surface area contributed by atoms with Gasteiger partial charge in [-0.25, -0.2) is 4.39 Å². The summed E-state index contributed by atoms with van der Waals surface area (Å²) < 4.78 is 19.5. The molecule has 0 aromatic heterocycles. The Morgan fingerprint density at radius 1 is 1.25 bits per heavy atom. The molecule has 2 aromatic carbocycles. The van der Waals surface area contributed by atoms with Gasteiger partial charge < -0.3 is 9.84 Å². The van der Waals surface area contributed by atoms with E-state index in [0.29, 0.717) is 5.75 Å². The van der Waals surface area contributed by atoms with Gasteiger partial charge in [0.15, 0.2) is 0 Å². The van der Waals surface area contributed by atoms with Crippen molar-refractivity contribution in [2.24, 2.45) is 0 Å². The Kier molecular flexibility index (Phi) is 3.94. The van der Waals surface area contributed by atoms with Gasteiger partial charge >= 0.3 is 0 Å². The SMILES string of the molecule is OCC1CCc2cc(F)cc(Sc3ccccc3)c2O1. The maximum atomic E-state index is 13.7. The summed E-state index contributed by atoms with van der Waals surface area (Å²) in [6, 6.07) is 12.8. The maximum absolute atomic E-state index is 13.7. The van der Waals surface area contributed by atoms with Crippen LogP contribution in [0.3, 0.4) is 0 Å². The van der Waals surface area contributed by atoms with E-state index in [1.165, 1.54) is 23.9 Å². The van der Waals surface area contributed by atoms with E-state index >= 15 is 0 Å². The predicted molar refractivity (Wildman–Crippen MR) is 76.8 cm³/mol. The molecule has 0 amide bonds. The molecule has 0 saturated heterocycles. The third-order valence-corrected chi connectivity index (χ3v) is 4.32. The largest absolute Gasteiger partial charge is 0.487 e. The van der Waals surface area contributed by atoms with Gasteiger partial charge in [0.05, 0.1) is 11.5 Å². The van der Waals surface area contributed by atoms with Gasteiger partial charge in [-0.2, -0.15) is 0 Å². The molecular weight excluding hydrogens is 275 g/mol. The highest BCUT2D eigenvalue weighted by atomic mass is 32.2. The van der Waals surface area contributed by atoms with E-state index in [0.717, 1.165) is 28.2 Å². The summed E-state index contributed by atoms with van der Waals surface area (Å²) in [5, 5.41) is 9.25. The van der Waals surface area contributed by atoms with Crippen LogP contribution in [0.15, 0.2) is 52.3 Å². The molecule has 104 valence electrons. The quantitative estimate of drug-likeness (QED) is 0.935. The first-order chi connectivity index (χ1) is 9.76. The maximum Gasteiger partial charge on any atom is 0.137 e. The van der Waals surface area contributed by atoms with E-state index < -0.39 is 0 Å². The zero-order chi connectivity index (χ0) is 13.9. The molecule has 2 nitrogen and oxygen atoms in total. The number of fused-ring (bicyclic) bond motifs is 1. The van der Waals surface area contributed by atoms with Crippen molar-refractivity contribution in [2.75, 3.05) is 6.61 Å². The van der Waals surface area contributed by atoms with Gasteiger partial charge in [0.25, 0.3) is 0 Å². The topological polar surface area (TPSA) is 29.5 Å². The number of hydrogen-bond donors (Lipinski definition) is 1. The first-order valence-electron chi connectivity index (χ1n) is 6.59. The van der Waals surface area contributed by atoms with E-state index in [1.54, 1.807) is 0 Å². The third kappa shape index (κ3) is 2.81. The van der Waals surface area contributed by atoms with Crippen molar-refractivity contribution in [1.29, 1.82) is 0 Å². The van der Waals surface area contributed by atoms with Crippen molar-refractivity contribution < 1.29 is 14.2 Å². The van der Waals surface area contributed by atoms with Crippen LogP contribution in [0.5, 0.6) is 5.75 Å². The Morgan fingerprint density at radius 3 is 2.80 bits per heavy atom. The number of aliphatic hydroxyl groups excluding tert-OH is 1. The smallest absolute Gasteiger partial charge is 0.137 e. The zero-order valence-corrected chi connectivity index (χ0v) is 11.7. The second-order valence-electron chi connectivity index (χ2n) is 4.77. The number of aliphatic hydroxyl groups is 1. The second kappa shape index (κ2) is 5.85. The predicted octanol–water partition coefficient (Wildman–Crippen LogP) is 3.66. The number of benzene rings is 2. The molecule has 0 aliphatic carbocycles. The molecule has 0 bridgehead atoms. The fraction of sp³-hybridized carbons (Fsp3) is 0.250. The van der Waals surface area contributed by atoms with Crippen LogP contribution in [0.2, 0.25) is 0 Å². The van der Waals surface area contributed by atoms with Crippen LogP contribution in [-0.2, 0) is 6.42 Å². The van der Waals surface area contributed by atoms with Gasteiger partial charge in [-0.1, -0.05) is 30.0 Å². The van der Waals surface area contributed by atoms with Crippen molar-refractivity contribution in [3.8, 4) is 5.75 Å². The van der Waals surface area contributed by atoms with Crippen molar-refractivity contribution in [3.05, 3.63) is 53.8 Å². The Labute approximate surface area is 121 Å². The molecule has 1 atom stereocenters. The molecule has 0 saturated carbocycles. The molecule has 2 aromatic rings. The lowest BCUT2D eigenvalue weighted by molar-refractivity contribution is 0.0947. The molecular formula is C16H15FO2S. The lowest BCUT2D eigenvalue weighted by Gasteiger charge is -2.26. The number of rotatable bonds is 3. The summed E-state index contributed by atoms with van der Waals surface area (Å²) in [5.41, 5.74) is 0.883. The van der Waals surface area contributed by atoms with E-state index in [9.17, 15) is 9.50 Å². The van der Waals surface area contributed by atoms with Gasteiger partial charge in [0, 0.05) is 4.90 Å². The van der Waals surface area contributed by atoms with Gasteiger partial charge in [-0.15, -0.1) is 0 Å². The van der Waals surface area contributed by atoms with Gasteiger partial charge in [-0.05, 0) is 42.7 Å². The normalized spacial score (nSPS) is 17.4. The molecule has 0 fully saturated rings. The lowest BCUT2D eigenvalue weighted by Crippen LogP contribution is -2.26. The monoisotopic (exact) mass is 290 g/mol. The van der Waals surface area contributed by atoms with Gasteiger partial charge in [-0.3, -0.25) is 0 Å². The van der Waals surface area contributed by atoms with Gasteiger partial charge in [0.2, 0.25) is 0 Å². The Hall–Kier alpha value is -1.52. The van der Waals surface area contributed by atoms with Crippen LogP contribution < -0.4 is 4.74 Å². The minimum atomic E-state index is -0.242. The van der Waals surface area contributed by atoms with Crippen molar-refractivity contribution in [3.63, 3.8) is 0 Å². The zero-order valence-electron chi connectivity index (χ0n) is 10.9. The highest BCUT2D eigenvalue weighted by Crippen LogP contribution is 2.41. The number of halogens is 1. The number of hydrogen-bond acceptors (Lipinski definition) is 3. The van der Waals surface area contributed by atoms with E-state index in [-0.39, 0.29) is 18.5 Å². The molecule has 1 aliphatic heterocycles. The number of ether oxygens (including phenoxy) is 1. The summed E-state index contributed by atoms with van der Waals surface area (Å²) in [5.74, 6) is 0.471. The van der Waals surface area contributed by atoms with Crippen LogP contribution >= 0.6 is 11.8 Å². The van der Waals surface area contributed by atoms with Crippen LogP contribution in [0.4, 0.5) is 4.39 Å². The molecule has 0 spiro atoms. The van der Waals surface area contributed by atoms with Crippen LogP contribution in [-0.4, -0.2) is 17.8 Å². The first-order valence-corrected chi connectivity index (χ1v) is 7.41. The van der Waals surface area contributed by atoms with E-state index in [1.807, 2.05) is 30.3 Å². The molecule has 4 heteroatoms. The Morgan fingerprint density at radius 2 is 2.05 bits per heavy atom. The average molecular weight is 290 g/mol. The third-order valence-electron chi connectivity index (χ3n) is 3.29. The van der Waals surface area contributed by atoms with E-state index in [4.69, 9.17) is 4.74 Å². The summed E-state index contributed by atoms with van der Waals surface area (Å²) in [7, 11) is 0. The molecule has 20 heavy (non-hydrogen) atoms. The Balaban J connectivity index is 1.96.